The quantitative estimate of drug-likeness (QED) is 0.373. The SMILES string of the molecule is CC1(C)[C@H](C#CC(=O)OCC(F)F)[C@@]1(C(=O)O)[C@@H](C#N)c1cccc(Oc2ccccc2)c1. The molecule has 0 aliphatic heterocycles. The number of rotatable bonds is 7. The number of nitriles is 1. The highest BCUT2D eigenvalue weighted by Crippen LogP contribution is 2.74. The molecule has 0 bridgehead atoms. The molecule has 3 atom stereocenters. The number of benzene rings is 2. The Kier molecular flexibility index (Phi) is 6.69. The summed E-state index contributed by atoms with van der Waals surface area (Å²) in [6, 6.07) is 17.6. The predicted octanol–water partition coefficient (Wildman–Crippen LogP) is 4.62. The first-order valence-electron chi connectivity index (χ1n) is 10.1. The highest BCUT2D eigenvalue weighted by atomic mass is 19.3. The summed E-state index contributed by atoms with van der Waals surface area (Å²) in [4.78, 5) is 24.1. The molecule has 33 heavy (non-hydrogen) atoms. The van der Waals surface area contributed by atoms with E-state index in [0.717, 1.165) is 0 Å². The number of esters is 1. The summed E-state index contributed by atoms with van der Waals surface area (Å²) in [6.07, 6.45) is -2.83. The fourth-order valence-corrected chi connectivity index (χ4v) is 4.28. The number of para-hydroxylation sites is 1. The van der Waals surface area contributed by atoms with Crippen molar-refractivity contribution in [3.63, 3.8) is 0 Å². The van der Waals surface area contributed by atoms with Crippen LogP contribution in [0.1, 0.15) is 25.3 Å². The summed E-state index contributed by atoms with van der Waals surface area (Å²) in [5.74, 6) is 1.24. The highest BCUT2D eigenvalue weighted by Gasteiger charge is 2.79. The van der Waals surface area contributed by atoms with Crippen LogP contribution < -0.4 is 4.74 Å². The van der Waals surface area contributed by atoms with Gasteiger partial charge in [0.25, 0.3) is 6.43 Å². The number of halogens is 2. The maximum Gasteiger partial charge on any atom is 0.384 e. The number of ether oxygens (including phenoxy) is 2. The third-order valence-corrected chi connectivity index (χ3v) is 5.93. The highest BCUT2D eigenvalue weighted by molar-refractivity contribution is 5.90. The molecule has 0 aromatic heterocycles. The van der Waals surface area contributed by atoms with Crippen LogP contribution >= 0.6 is 0 Å². The molecule has 1 aliphatic carbocycles. The first-order chi connectivity index (χ1) is 15.6. The number of aliphatic carboxylic acids is 1. The van der Waals surface area contributed by atoms with Crippen LogP contribution in [0.15, 0.2) is 54.6 Å². The normalized spacial score (nSPS) is 21.2. The Morgan fingerprint density at radius 1 is 1.12 bits per heavy atom. The van der Waals surface area contributed by atoms with Crippen LogP contribution in [-0.4, -0.2) is 30.1 Å². The van der Waals surface area contributed by atoms with Crippen molar-refractivity contribution in [1.82, 2.24) is 0 Å². The smallest absolute Gasteiger partial charge is 0.384 e. The number of carboxylic acid groups (broad SMARTS) is 1. The van der Waals surface area contributed by atoms with Gasteiger partial charge in [0, 0.05) is 11.8 Å². The molecule has 8 heteroatoms. The maximum atomic E-state index is 12.5. The molecule has 0 amide bonds. The van der Waals surface area contributed by atoms with Crippen molar-refractivity contribution in [1.29, 1.82) is 5.26 Å². The van der Waals surface area contributed by atoms with Gasteiger partial charge >= 0.3 is 11.9 Å². The van der Waals surface area contributed by atoms with Gasteiger partial charge in [0.2, 0.25) is 0 Å². The number of hydrogen-bond donors (Lipinski definition) is 1. The first-order valence-corrected chi connectivity index (χ1v) is 10.1. The minimum absolute atomic E-state index is 0.422. The van der Waals surface area contributed by atoms with Crippen molar-refractivity contribution < 1.29 is 33.0 Å². The van der Waals surface area contributed by atoms with Gasteiger partial charge in [0.1, 0.15) is 16.9 Å². The Bertz CT molecular complexity index is 1150. The number of alkyl halides is 2. The van der Waals surface area contributed by atoms with E-state index in [9.17, 15) is 28.7 Å². The van der Waals surface area contributed by atoms with E-state index in [4.69, 9.17) is 4.74 Å². The molecular weight excluding hydrogens is 432 g/mol. The van der Waals surface area contributed by atoms with E-state index in [1.165, 1.54) is 0 Å². The van der Waals surface area contributed by atoms with Crippen LogP contribution in [0.3, 0.4) is 0 Å². The van der Waals surface area contributed by atoms with Gasteiger partial charge in [-0.1, -0.05) is 50.1 Å². The molecule has 1 N–H and O–H groups in total. The largest absolute Gasteiger partial charge is 0.481 e. The maximum absolute atomic E-state index is 12.5. The summed E-state index contributed by atoms with van der Waals surface area (Å²) in [5.41, 5.74) is -2.18. The fourth-order valence-electron chi connectivity index (χ4n) is 4.28. The van der Waals surface area contributed by atoms with Gasteiger partial charge in [-0.2, -0.15) is 5.26 Å². The average Bonchev–Trinajstić information content (AvgIpc) is 3.27. The lowest BCUT2D eigenvalue weighted by Gasteiger charge is -2.22. The van der Waals surface area contributed by atoms with Crippen molar-refractivity contribution >= 4 is 11.9 Å². The van der Waals surface area contributed by atoms with Crippen LogP contribution in [0.25, 0.3) is 0 Å². The van der Waals surface area contributed by atoms with Gasteiger partial charge in [-0.05, 0) is 35.2 Å². The lowest BCUT2D eigenvalue weighted by molar-refractivity contribution is -0.145. The molecule has 1 fully saturated rings. The zero-order chi connectivity index (χ0) is 24.2. The molecule has 6 nitrogen and oxygen atoms in total. The third-order valence-electron chi connectivity index (χ3n) is 5.93. The molecule has 0 radical (unpaired) electrons. The summed E-state index contributed by atoms with van der Waals surface area (Å²) < 4.78 is 34.6. The van der Waals surface area contributed by atoms with Crippen LogP contribution in [0, 0.1) is 39.9 Å². The van der Waals surface area contributed by atoms with E-state index in [1.54, 1.807) is 62.4 Å². The van der Waals surface area contributed by atoms with E-state index in [2.05, 4.69) is 22.6 Å². The van der Waals surface area contributed by atoms with Crippen LogP contribution in [-0.2, 0) is 14.3 Å². The summed E-state index contributed by atoms with van der Waals surface area (Å²) in [6.45, 7) is 2.18. The second-order valence-electron chi connectivity index (χ2n) is 8.14. The van der Waals surface area contributed by atoms with Gasteiger partial charge in [-0.15, -0.1) is 0 Å². The lowest BCUT2D eigenvalue weighted by atomic mass is 9.78. The zero-order valence-electron chi connectivity index (χ0n) is 17.9. The molecule has 3 rings (SSSR count). The Balaban J connectivity index is 1.92. The van der Waals surface area contributed by atoms with E-state index < -0.39 is 47.6 Å². The van der Waals surface area contributed by atoms with Crippen molar-refractivity contribution in [3.05, 3.63) is 60.2 Å². The van der Waals surface area contributed by atoms with Crippen molar-refractivity contribution in [2.24, 2.45) is 16.7 Å². The molecule has 0 unspecified atom stereocenters. The second kappa shape index (κ2) is 9.30. The second-order valence-corrected chi connectivity index (χ2v) is 8.14. The Morgan fingerprint density at radius 2 is 1.79 bits per heavy atom. The minimum atomic E-state index is -2.83. The number of hydrogen-bond acceptors (Lipinski definition) is 5. The standard InChI is InChI=1S/C25H21F2NO5/c1-24(2)20(11-12-22(29)32-15-21(26)27)25(24,23(30)31)19(14-28)16-7-6-10-18(13-16)33-17-8-4-3-5-9-17/h3-10,13,19-21H,15H2,1-2H3,(H,30,31)/t19-,20-,25+/m0/s1. The molecule has 0 heterocycles. The van der Waals surface area contributed by atoms with Crippen molar-refractivity contribution in [2.75, 3.05) is 6.61 Å². The molecule has 170 valence electrons. The number of carboxylic acids is 1. The number of carbonyl (C=O) groups is 2. The summed E-state index contributed by atoms with van der Waals surface area (Å²) >= 11 is 0. The van der Waals surface area contributed by atoms with Crippen LogP contribution in [0.4, 0.5) is 8.78 Å². The fraction of sp³-hybridized carbons (Fsp3) is 0.320. The summed E-state index contributed by atoms with van der Waals surface area (Å²) in [7, 11) is 0. The van der Waals surface area contributed by atoms with Gasteiger partial charge in [0.15, 0.2) is 6.61 Å². The molecule has 0 spiro atoms. The zero-order valence-corrected chi connectivity index (χ0v) is 17.9. The molecule has 1 saturated carbocycles. The average molecular weight is 453 g/mol. The Morgan fingerprint density at radius 3 is 2.39 bits per heavy atom. The number of nitrogens with zero attached hydrogens (tertiary/aromatic N) is 1. The van der Waals surface area contributed by atoms with Gasteiger partial charge in [-0.3, -0.25) is 4.79 Å². The topological polar surface area (TPSA) is 96.6 Å². The third kappa shape index (κ3) is 4.51. The van der Waals surface area contributed by atoms with Gasteiger partial charge in [0.05, 0.1) is 12.0 Å². The summed E-state index contributed by atoms with van der Waals surface area (Å²) in [5, 5.41) is 20.1. The van der Waals surface area contributed by atoms with E-state index >= 15 is 0 Å². The van der Waals surface area contributed by atoms with Crippen molar-refractivity contribution in [2.45, 2.75) is 26.2 Å². The monoisotopic (exact) mass is 453 g/mol. The van der Waals surface area contributed by atoms with Crippen LogP contribution in [0.5, 0.6) is 11.5 Å². The first kappa shape index (κ1) is 23.7. The van der Waals surface area contributed by atoms with Crippen LogP contribution in [0.2, 0.25) is 0 Å². The molecular formula is C25H21F2NO5. The van der Waals surface area contributed by atoms with Gasteiger partial charge in [-0.25, -0.2) is 13.6 Å². The van der Waals surface area contributed by atoms with Crippen molar-refractivity contribution in [3.8, 4) is 29.4 Å². The van der Waals surface area contributed by atoms with E-state index in [-0.39, 0.29) is 0 Å². The number of carbonyl (C=O) groups excluding carboxylic acids is 1. The molecule has 2 aromatic carbocycles. The van der Waals surface area contributed by atoms with Gasteiger partial charge < -0.3 is 14.6 Å². The molecule has 1 aliphatic rings. The van der Waals surface area contributed by atoms with E-state index in [0.29, 0.717) is 17.1 Å². The lowest BCUT2D eigenvalue weighted by Crippen LogP contribution is -2.28. The molecule has 2 aromatic rings. The Hall–Kier alpha value is -3.91. The van der Waals surface area contributed by atoms with E-state index in [1.807, 2.05) is 6.07 Å². The molecule has 0 saturated heterocycles. The minimum Gasteiger partial charge on any atom is -0.481 e. The Labute approximate surface area is 189 Å². The predicted molar refractivity (Wildman–Crippen MR) is 113 cm³/mol.